The predicted octanol–water partition coefficient (Wildman–Crippen LogP) is 3.03. The van der Waals surface area contributed by atoms with Crippen LogP contribution in [0.3, 0.4) is 0 Å². The van der Waals surface area contributed by atoms with E-state index < -0.39 is 12.7 Å². The monoisotopic (exact) mass is 287 g/mol. The Balaban J connectivity index is 2.06. The summed E-state index contributed by atoms with van der Waals surface area (Å²) in [4.78, 5) is 5.48. The molecule has 1 saturated carbocycles. The van der Waals surface area contributed by atoms with E-state index in [0.29, 0.717) is 11.9 Å². The molecular formula is C14H20F3N3. The molecule has 1 aromatic rings. The number of hydrogen-bond acceptors (Lipinski definition) is 3. The maximum atomic E-state index is 12.5. The van der Waals surface area contributed by atoms with Gasteiger partial charge in [0.05, 0.1) is 0 Å². The van der Waals surface area contributed by atoms with Crippen LogP contribution in [0.4, 0.5) is 19.0 Å². The van der Waals surface area contributed by atoms with Crippen molar-refractivity contribution in [2.24, 2.45) is 0 Å². The summed E-state index contributed by atoms with van der Waals surface area (Å²) >= 11 is 0. The highest BCUT2D eigenvalue weighted by Gasteiger charge is 2.31. The highest BCUT2D eigenvalue weighted by molar-refractivity contribution is 5.47. The summed E-state index contributed by atoms with van der Waals surface area (Å²) in [6, 6.07) is 2.52. The molecule has 0 unspecified atom stereocenters. The molecule has 20 heavy (non-hydrogen) atoms. The second-order valence-electron chi connectivity index (χ2n) is 5.27. The summed E-state index contributed by atoms with van der Waals surface area (Å²) in [5.74, 6) is 0.417. The number of rotatable bonds is 6. The molecule has 1 aromatic heterocycles. The van der Waals surface area contributed by atoms with Crippen LogP contribution >= 0.6 is 0 Å². The number of aromatic nitrogens is 1. The van der Waals surface area contributed by atoms with Crippen LogP contribution in [0.5, 0.6) is 0 Å². The van der Waals surface area contributed by atoms with Crippen molar-refractivity contribution < 1.29 is 13.2 Å². The second-order valence-corrected chi connectivity index (χ2v) is 5.27. The van der Waals surface area contributed by atoms with E-state index in [-0.39, 0.29) is 6.54 Å². The third kappa shape index (κ3) is 4.37. The number of alkyl halides is 3. The van der Waals surface area contributed by atoms with Gasteiger partial charge in [-0.3, -0.25) is 0 Å². The lowest BCUT2D eigenvalue weighted by Crippen LogP contribution is -2.35. The lowest BCUT2D eigenvalue weighted by atomic mass is 10.2. The van der Waals surface area contributed by atoms with E-state index in [1.807, 2.05) is 13.0 Å². The number of anilines is 1. The first kappa shape index (κ1) is 15.1. The predicted molar refractivity (Wildman–Crippen MR) is 72.8 cm³/mol. The molecule has 2 rings (SSSR count). The summed E-state index contributed by atoms with van der Waals surface area (Å²) in [6.07, 6.45) is -0.132. The van der Waals surface area contributed by atoms with E-state index in [1.54, 1.807) is 13.1 Å². The van der Waals surface area contributed by atoms with Crippen molar-refractivity contribution in [3.05, 3.63) is 23.4 Å². The maximum absolute atomic E-state index is 12.5. The normalized spacial score (nSPS) is 15.4. The third-order valence-electron chi connectivity index (χ3n) is 3.33. The Morgan fingerprint density at radius 2 is 2.10 bits per heavy atom. The van der Waals surface area contributed by atoms with Gasteiger partial charge in [-0.25, -0.2) is 4.98 Å². The molecule has 3 nitrogen and oxygen atoms in total. The van der Waals surface area contributed by atoms with Gasteiger partial charge >= 0.3 is 6.18 Å². The zero-order valence-corrected chi connectivity index (χ0v) is 11.8. The van der Waals surface area contributed by atoms with Crippen molar-refractivity contribution in [3.63, 3.8) is 0 Å². The number of nitrogens with one attached hydrogen (secondary N) is 1. The van der Waals surface area contributed by atoms with Gasteiger partial charge in [-0.05, 0) is 43.9 Å². The van der Waals surface area contributed by atoms with Gasteiger partial charge in [0.15, 0.2) is 0 Å². The Kier molecular flexibility index (Phi) is 4.52. The Morgan fingerprint density at radius 3 is 2.60 bits per heavy atom. The molecule has 112 valence electrons. The molecule has 0 spiro atoms. The minimum atomic E-state index is -4.21. The van der Waals surface area contributed by atoms with E-state index in [2.05, 4.69) is 10.3 Å². The van der Waals surface area contributed by atoms with Crippen molar-refractivity contribution >= 4 is 5.82 Å². The average Bonchev–Trinajstić information content (AvgIpc) is 3.17. The van der Waals surface area contributed by atoms with Crippen LogP contribution in [0.2, 0.25) is 0 Å². The fourth-order valence-corrected chi connectivity index (χ4v) is 2.16. The van der Waals surface area contributed by atoms with Crippen LogP contribution in [0.1, 0.15) is 30.9 Å². The molecule has 0 atom stereocenters. The quantitative estimate of drug-likeness (QED) is 0.871. The van der Waals surface area contributed by atoms with Gasteiger partial charge in [0.25, 0.3) is 0 Å². The average molecular weight is 287 g/mol. The highest BCUT2D eigenvalue weighted by Crippen LogP contribution is 2.24. The largest absolute Gasteiger partial charge is 0.405 e. The van der Waals surface area contributed by atoms with Crippen LogP contribution < -0.4 is 10.2 Å². The van der Waals surface area contributed by atoms with Gasteiger partial charge in [0.1, 0.15) is 12.4 Å². The van der Waals surface area contributed by atoms with Crippen LogP contribution in [0.15, 0.2) is 12.3 Å². The fraction of sp³-hybridized carbons (Fsp3) is 0.643. The van der Waals surface area contributed by atoms with Gasteiger partial charge in [0.2, 0.25) is 0 Å². The summed E-state index contributed by atoms with van der Waals surface area (Å²) in [5.41, 5.74) is 1.80. The van der Waals surface area contributed by atoms with Crippen molar-refractivity contribution in [3.8, 4) is 0 Å². The first-order valence-corrected chi connectivity index (χ1v) is 6.89. The van der Waals surface area contributed by atoms with Gasteiger partial charge in [0, 0.05) is 25.3 Å². The summed E-state index contributed by atoms with van der Waals surface area (Å²) < 4.78 is 37.6. The maximum Gasteiger partial charge on any atom is 0.405 e. The van der Waals surface area contributed by atoms with E-state index in [0.717, 1.165) is 17.7 Å². The molecular weight excluding hydrogens is 267 g/mol. The third-order valence-corrected chi connectivity index (χ3v) is 3.33. The zero-order chi connectivity index (χ0) is 14.8. The Morgan fingerprint density at radius 1 is 1.40 bits per heavy atom. The van der Waals surface area contributed by atoms with Crippen molar-refractivity contribution in [1.29, 1.82) is 0 Å². The number of halogens is 3. The molecule has 0 aromatic carbocycles. The van der Waals surface area contributed by atoms with Crippen LogP contribution in [0, 0.1) is 6.92 Å². The number of hydrogen-bond donors (Lipinski definition) is 1. The molecule has 1 heterocycles. The lowest BCUT2D eigenvalue weighted by molar-refractivity contribution is -0.119. The van der Waals surface area contributed by atoms with Crippen LogP contribution in [-0.4, -0.2) is 30.3 Å². The lowest BCUT2D eigenvalue weighted by Gasteiger charge is -2.25. The standard InChI is InChI=1S/C14H20F3N3/c1-3-20(9-14(15,16)17)13-10(2)6-11(8-19-13)7-18-12-4-5-12/h6,8,12,18H,3-5,7,9H2,1-2H3. The van der Waals surface area contributed by atoms with Gasteiger partial charge in [-0.1, -0.05) is 0 Å². The number of aryl methyl sites for hydroxylation is 1. The number of nitrogens with zero attached hydrogens (tertiary/aromatic N) is 2. The Labute approximate surface area is 117 Å². The highest BCUT2D eigenvalue weighted by atomic mass is 19.4. The van der Waals surface area contributed by atoms with E-state index in [4.69, 9.17) is 0 Å². The molecule has 0 amide bonds. The SMILES string of the molecule is CCN(CC(F)(F)F)c1ncc(CNC2CC2)cc1C. The molecule has 1 aliphatic rings. The minimum Gasteiger partial charge on any atom is -0.348 e. The topological polar surface area (TPSA) is 28.2 Å². The summed E-state index contributed by atoms with van der Waals surface area (Å²) in [5, 5.41) is 3.37. The smallest absolute Gasteiger partial charge is 0.348 e. The molecule has 1 fully saturated rings. The molecule has 0 aliphatic heterocycles. The molecule has 1 N–H and O–H groups in total. The second kappa shape index (κ2) is 5.99. The molecule has 1 aliphatic carbocycles. The minimum absolute atomic E-state index is 0.285. The van der Waals surface area contributed by atoms with Gasteiger partial charge in [-0.2, -0.15) is 13.2 Å². The van der Waals surface area contributed by atoms with Crippen LogP contribution in [-0.2, 0) is 6.54 Å². The van der Waals surface area contributed by atoms with Gasteiger partial charge < -0.3 is 10.2 Å². The van der Waals surface area contributed by atoms with E-state index in [1.165, 1.54) is 17.7 Å². The first-order chi connectivity index (χ1) is 9.39. The molecule has 6 heteroatoms. The molecule has 0 bridgehead atoms. The van der Waals surface area contributed by atoms with E-state index in [9.17, 15) is 13.2 Å². The number of pyridine rings is 1. The Hall–Kier alpha value is -1.30. The van der Waals surface area contributed by atoms with Crippen molar-refractivity contribution in [2.45, 2.75) is 45.5 Å². The molecule has 0 saturated heterocycles. The Bertz CT molecular complexity index is 455. The van der Waals surface area contributed by atoms with Crippen molar-refractivity contribution in [2.75, 3.05) is 18.0 Å². The molecule has 0 radical (unpaired) electrons. The zero-order valence-electron chi connectivity index (χ0n) is 11.8. The summed E-state index contributed by atoms with van der Waals surface area (Å²) in [6.45, 7) is 3.56. The fourth-order valence-electron chi connectivity index (χ4n) is 2.16. The van der Waals surface area contributed by atoms with Gasteiger partial charge in [-0.15, -0.1) is 0 Å². The van der Waals surface area contributed by atoms with E-state index >= 15 is 0 Å². The first-order valence-electron chi connectivity index (χ1n) is 6.89. The van der Waals surface area contributed by atoms with Crippen molar-refractivity contribution in [1.82, 2.24) is 10.3 Å². The van der Waals surface area contributed by atoms with Crippen LogP contribution in [0.25, 0.3) is 0 Å². The summed E-state index contributed by atoms with van der Waals surface area (Å²) in [7, 11) is 0.